The van der Waals surface area contributed by atoms with Gasteiger partial charge in [0.25, 0.3) is 0 Å². The minimum absolute atomic E-state index is 0.234. The summed E-state index contributed by atoms with van der Waals surface area (Å²) in [5, 5.41) is 11.0. The van der Waals surface area contributed by atoms with E-state index in [2.05, 4.69) is 4.74 Å². The average Bonchev–Trinajstić information content (AvgIpc) is 2.89. The fourth-order valence-corrected chi connectivity index (χ4v) is 2.75. The molecule has 12 nitrogen and oxygen atoms in total. The van der Waals surface area contributed by atoms with Gasteiger partial charge in [-0.15, -0.1) is 0 Å². The number of carbonyl (C=O) groups is 2. The summed E-state index contributed by atoms with van der Waals surface area (Å²) in [5.41, 5.74) is -0.118. The van der Waals surface area contributed by atoms with Crippen LogP contribution in [0.2, 0.25) is 0 Å². The second kappa shape index (κ2) is 13.9. The van der Waals surface area contributed by atoms with Crippen LogP contribution in [0, 0.1) is 10.1 Å². The van der Waals surface area contributed by atoms with E-state index in [0.29, 0.717) is 34.8 Å². The molecule has 0 atom stereocenters. The molecule has 0 spiro atoms. The van der Waals surface area contributed by atoms with Gasteiger partial charge in [-0.1, -0.05) is 0 Å². The average molecular weight is 493 g/mol. The Balaban J connectivity index is 0.000000379. The summed E-state index contributed by atoms with van der Waals surface area (Å²) in [6, 6.07) is 6.30. The third-order valence-electron chi connectivity index (χ3n) is 4.50. The molecular formula is C23H27NO11. The Hall–Kier alpha value is -4.48. The van der Waals surface area contributed by atoms with Crippen molar-refractivity contribution in [1.82, 2.24) is 0 Å². The summed E-state index contributed by atoms with van der Waals surface area (Å²) in [6.07, 6.45) is 1.72. The predicted molar refractivity (Wildman–Crippen MR) is 125 cm³/mol. The zero-order chi connectivity index (χ0) is 26.5. The minimum Gasteiger partial charge on any atom is -0.496 e. The molecule has 0 N–H and O–H groups in total. The molecule has 0 aliphatic rings. The Kier molecular flexibility index (Phi) is 11.4. The Morgan fingerprint density at radius 3 is 1.34 bits per heavy atom. The highest BCUT2D eigenvalue weighted by Crippen LogP contribution is 2.36. The van der Waals surface area contributed by atoms with Crippen LogP contribution in [0.15, 0.2) is 30.0 Å². The largest absolute Gasteiger partial charge is 0.496 e. The molecule has 0 aromatic heterocycles. The number of nitrogens with zero attached hydrogens (tertiary/aromatic N) is 1. The van der Waals surface area contributed by atoms with Gasteiger partial charge in [0.05, 0.1) is 65.8 Å². The van der Waals surface area contributed by atoms with Crippen LogP contribution in [0.5, 0.6) is 34.5 Å². The Morgan fingerprint density at radius 2 is 1.09 bits per heavy atom. The van der Waals surface area contributed by atoms with Crippen LogP contribution in [-0.4, -0.2) is 66.9 Å². The number of methoxy groups -OCH3 is 7. The van der Waals surface area contributed by atoms with Gasteiger partial charge in [0.1, 0.15) is 34.5 Å². The lowest BCUT2D eigenvalue weighted by Gasteiger charge is -2.12. The van der Waals surface area contributed by atoms with E-state index >= 15 is 0 Å². The molecule has 35 heavy (non-hydrogen) atoms. The molecule has 0 unspecified atom stereocenters. The van der Waals surface area contributed by atoms with Crippen LogP contribution in [-0.2, 0) is 9.53 Å². The first kappa shape index (κ1) is 28.6. The summed E-state index contributed by atoms with van der Waals surface area (Å²) < 4.78 is 34.8. The SMILES string of the molecule is COC(=O)C(=Cc1c(OC)cc(OC)cc1OC)[N+](=O)[O-].COc1cc(OC)c(C=O)c(OC)c1. The molecule has 0 radical (unpaired) electrons. The zero-order valence-corrected chi connectivity index (χ0v) is 20.4. The molecule has 190 valence electrons. The summed E-state index contributed by atoms with van der Waals surface area (Å²) in [6.45, 7) is 0. The van der Waals surface area contributed by atoms with Crippen molar-refractivity contribution >= 4 is 18.3 Å². The minimum atomic E-state index is -1.07. The Bertz CT molecular complexity index is 1030. The standard InChI is InChI=1S/C13H15NO7.C10H12O4/c1-18-8-5-11(19-2)9(12(6-8)20-3)7-10(14(16)17)13(15)21-4;1-12-7-4-9(13-2)8(6-11)10(5-7)14-3/h5-7H,1-4H3;4-6H,1-3H3. The Morgan fingerprint density at radius 1 is 0.714 bits per heavy atom. The lowest BCUT2D eigenvalue weighted by molar-refractivity contribution is -0.419. The predicted octanol–water partition coefficient (Wildman–Crippen LogP) is 3.03. The van der Waals surface area contributed by atoms with E-state index in [0.717, 1.165) is 13.2 Å². The van der Waals surface area contributed by atoms with Crippen molar-refractivity contribution < 1.29 is 47.7 Å². The maximum absolute atomic E-state index is 11.4. The van der Waals surface area contributed by atoms with Crippen molar-refractivity contribution in [1.29, 1.82) is 0 Å². The van der Waals surface area contributed by atoms with Crippen molar-refractivity contribution in [2.75, 3.05) is 49.8 Å². The molecular weight excluding hydrogens is 466 g/mol. The van der Waals surface area contributed by atoms with Crippen LogP contribution < -0.4 is 28.4 Å². The van der Waals surface area contributed by atoms with Crippen molar-refractivity contribution in [3.63, 3.8) is 0 Å². The molecule has 0 bridgehead atoms. The first-order chi connectivity index (χ1) is 16.7. The molecule has 2 aromatic carbocycles. The van der Waals surface area contributed by atoms with Gasteiger partial charge in [-0.3, -0.25) is 14.9 Å². The van der Waals surface area contributed by atoms with Gasteiger partial charge < -0.3 is 33.2 Å². The van der Waals surface area contributed by atoms with Gasteiger partial charge in [-0.25, -0.2) is 4.79 Å². The van der Waals surface area contributed by atoms with Crippen LogP contribution in [0.1, 0.15) is 15.9 Å². The summed E-state index contributed by atoms with van der Waals surface area (Å²) >= 11 is 0. The summed E-state index contributed by atoms with van der Waals surface area (Å²) in [5.74, 6) is 1.36. The lowest BCUT2D eigenvalue weighted by atomic mass is 10.1. The van der Waals surface area contributed by atoms with Crippen LogP contribution in [0.4, 0.5) is 0 Å². The molecule has 0 saturated heterocycles. The van der Waals surface area contributed by atoms with Gasteiger partial charge in [0.2, 0.25) is 0 Å². The number of hydrogen-bond acceptors (Lipinski definition) is 11. The summed E-state index contributed by atoms with van der Waals surface area (Å²) in [4.78, 5) is 32.3. The van der Waals surface area contributed by atoms with E-state index in [-0.39, 0.29) is 17.1 Å². The number of ether oxygens (including phenoxy) is 7. The molecule has 0 fully saturated rings. The van der Waals surface area contributed by atoms with E-state index in [1.165, 1.54) is 54.8 Å². The normalized spacial score (nSPS) is 10.2. The van der Waals surface area contributed by atoms with Gasteiger partial charge in [-0.05, 0) is 0 Å². The summed E-state index contributed by atoms with van der Waals surface area (Å²) in [7, 11) is 9.80. The molecule has 0 saturated carbocycles. The van der Waals surface area contributed by atoms with Crippen molar-refractivity contribution in [3.8, 4) is 34.5 Å². The van der Waals surface area contributed by atoms with Crippen LogP contribution in [0.3, 0.4) is 0 Å². The van der Waals surface area contributed by atoms with E-state index in [1.54, 1.807) is 12.1 Å². The highest BCUT2D eigenvalue weighted by Gasteiger charge is 2.25. The highest BCUT2D eigenvalue weighted by molar-refractivity contribution is 5.92. The highest BCUT2D eigenvalue weighted by atomic mass is 16.6. The maximum Gasteiger partial charge on any atom is 0.409 e. The quantitative estimate of drug-likeness (QED) is 0.158. The maximum atomic E-state index is 11.4. The lowest BCUT2D eigenvalue weighted by Crippen LogP contribution is -2.13. The zero-order valence-electron chi connectivity index (χ0n) is 20.4. The first-order valence-electron chi connectivity index (χ1n) is 9.74. The second-order valence-corrected chi connectivity index (χ2v) is 6.29. The number of carbonyl (C=O) groups excluding carboxylic acids is 2. The van der Waals surface area contributed by atoms with Gasteiger partial charge in [0, 0.05) is 30.3 Å². The molecule has 12 heteroatoms. The number of aldehydes is 1. The van der Waals surface area contributed by atoms with Crippen LogP contribution >= 0.6 is 0 Å². The fraction of sp³-hybridized carbons (Fsp3) is 0.304. The molecule has 0 aliphatic carbocycles. The number of esters is 1. The van der Waals surface area contributed by atoms with Gasteiger partial charge in [0.15, 0.2) is 6.29 Å². The molecule has 2 rings (SSSR count). The van der Waals surface area contributed by atoms with E-state index < -0.39 is 16.6 Å². The number of rotatable bonds is 10. The Labute approximate surface area is 202 Å². The molecule has 0 heterocycles. The van der Waals surface area contributed by atoms with Crippen LogP contribution in [0.25, 0.3) is 6.08 Å². The number of benzene rings is 2. The van der Waals surface area contributed by atoms with E-state index in [9.17, 15) is 19.7 Å². The smallest absolute Gasteiger partial charge is 0.409 e. The first-order valence-corrected chi connectivity index (χ1v) is 9.74. The monoisotopic (exact) mass is 493 g/mol. The molecule has 2 aromatic rings. The van der Waals surface area contributed by atoms with Gasteiger partial charge in [-0.2, -0.15) is 0 Å². The van der Waals surface area contributed by atoms with E-state index in [4.69, 9.17) is 28.4 Å². The van der Waals surface area contributed by atoms with Crippen molar-refractivity contribution in [2.24, 2.45) is 0 Å². The molecule has 0 aliphatic heterocycles. The second-order valence-electron chi connectivity index (χ2n) is 6.29. The fourth-order valence-electron chi connectivity index (χ4n) is 2.75. The van der Waals surface area contributed by atoms with E-state index in [1.807, 2.05) is 0 Å². The number of nitro groups is 1. The third kappa shape index (κ3) is 7.25. The van der Waals surface area contributed by atoms with Gasteiger partial charge >= 0.3 is 11.7 Å². The van der Waals surface area contributed by atoms with Crippen molar-refractivity contribution in [3.05, 3.63) is 51.2 Å². The topological polar surface area (TPSA) is 142 Å². The molecule has 0 amide bonds. The third-order valence-corrected chi connectivity index (χ3v) is 4.50. The number of hydrogen-bond donors (Lipinski definition) is 0. The van der Waals surface area contributed by atoms with Crippen molar-refractivity contribution in [2.45, 2.75) is 0 Å².